The fraction of sp³-hybridized carbons (Fsp3) is 0.259. The topological polar surface area (TPSA) is 49.9 Å². The van der Waals surface area contributed by atoms with E-state index in [1.165, 1.54) is 19.2 Å². The molecule has 5 nitrogen and oxygen atoms in total. The predicted octanol–water partition coefficient (Wildman–Crippen LogP) is 6.06. The number of likely N-dealkylation sites (N-methyl/N-ethyl adjacent to an activating group) is 1. The van der Waals surface area contributed by atoms with Crippen LogP contribution in [0.1, 0.15) is 42.1 Å². The number of carbonyl (C=O) groups excluding carboxylic acids is 2. The number of nitrogens with zero attached hydrogens (tertiary/aromatic N) is 2. The fourth-order valence-electron chi connectivity index (χ4n) is 4.57. The van der Waals surface area contributed by atoms with E-state index in [0.29, 0.717) is 23.7 Å². The summed E-state index contributed by atoms with van der Waals surface area (Å²) in [5.74, 6) is -1.29. The molecule has 0 saturated carbocycles. The van der Waals surface area contributed by atoms with Crippen LogP contribution in [0.2, 0.25) is 5.02 Å². The lowest BCUT2D eigenvalue weighted by atomic mass is 9.84. The molecule has 4 rings (SSSR count). The Balaban J connectivity index is 1.69. The van der Waals surface area contributed by atoms with Crippen LogP contribution in [-0.2, 0) is 4.79 Å². The molecule has 0 radical (unpaired) electrons. The largest absolute Gasteiger partial charge is 0.494 e. The minimum absolute atomic E-state index is 0.0355. The van der Waals surface area contributed by atoms with Gasteiger partial charge in [-0.15, -0.1) is 0 Å². The van der Waals surface area contributed by atoms with Crippen LogP contribution < -0.4 is 14.5 Å². The van der Waals surface area contributed by atoms with Crippen molar-refractivity contribution in [3.05, 3.63) is 88.7 Å². The molecule has 7 heteroatoms. The zero-order chi connectivity index (χ0) is 24.4. The third kappa shape index (κ3) is 4.38. The van der Waals surface area contributed by atoms with E-state index in [4.69, 9.17) is 16.3 Å². The summed E-state index contributed by atoms with van der Waals surface area (Å²) in [6.07, 6.45) is 0.449. The number of halogens is 2. The van der Waals surface area contributed by atoms with E-state index in [0.717, 1.165) is 11.3 Å². The summed E-state index contributed by atoms with van der Waals surface area (Å²) in [6, 6.07) is 18.5. The van der Waals surface area contributed by atoms with Crippen molar-refractivity contribution < 1.29 is 18.7 Å². The molecule has 176 valence electrons. The Kier molecular flexibility index (Phi) is 6.89. The van der Waals surface area contributed by atoms with Crippen molar-refractivity contribution in [3.8, 4) is 5.75 Å². The zero-order valence-electron chi connectivity index (χ0n) is 19.3. The summed E-state index contributed by atoms with van der Waals surface area (Å²) < 4.78 is 19.3. The van der Waals surface area contributed by atoms with Crippen LogP contribution in [0.4, 0.5) is 15.8 Å². The second kappa shape index (κ2) is 9.85. The van der Waals surface area contributed by atoms with E-state index in [2.05, 4.69) is 0 Å². The molecule has 0 saturated heterocycles. The maximum Gasteiger partial charge on any atom is 0.258 e. The molecule has 34 heavy (non-hydrogen) atoms. The van der Waals surface area contributed by atoms with Gasteiger partial charge in [-0.3, -0.25) is 9.59 Å². The van der Waals surface area contributed by atoms with Crippen molar-refractivity contribution in [3.63, 3.8) is 0 Å². The summed E-state index contributed by atoms with van der Waals surface area (Å²) in [5, 5.41) is 0.605. The van der Waals surface area contributed by atoms with Crippen molar-refractivity contribution in [1.29, 1.82) is 0 Å². The van der Waals surface area contributed by atoms with Crippen LogP contribution in [0.25, 0.3) is 0 Å². The number of carbonyl (C=O) groups is 2. The summed E-state index contributed by atoms with van der Waals surface area (Å²) >= 11 is 6.03. The highest BCUT2D eigenvalue weighted by Crippen LogP contribution is 2.41. The number of fused-ring (bicyclic) bond motifs is 1. The number of amides is 2. The van der Waals surface area contributed by atoms with Crippen molar-refractivity contribution in [2.45, 2.75) is 32.2 Å². The lowest BCUT2D eigenvalue weighted by Gasteiger charge is -2.40. The van der Waals surface area contributed by atoms with Gasteiger partial charge in [0.05, 0.1) is 13.0 Å². The maximum absolute atomic E-state index is 14.3. The molecule has 0 bridgehead atoms. The van der Waals surface area contributed by atoms with Crippen LogP contribution in [0.5, 0.6) is 5.75 Å². The molecule has 1 aliphatic heterocycles. The van der Waals surface area contributed by atoms with Gasteiger partial charge in [0.25, 0.3) is 5.91 Å². The SMILES string of the molecule is CCN(C(=O)[C@H]1C[C@H](C)N(C(=O)c2ccc(OC)c(F)c2)c2ccccc21)c1ccc(Cl)cc1. The lowest BCUT2D eigenvalue weighted by Crippen LogP contribution is -2.46. The van der Waals surface area contributed by atoms with Gasteiger partial charge in [0.15, 0.2) is 11.6 Å². The van der Waals surface area contributed by atoms with E-state index in [9.17, 15) is 14.0 Å². The molecular formula is C27H26ClFN2O3. The summed E-state index contributed by atoms with van der Waals surface area (Å²) in [4.78, 5) is 30.6. The molecule has 0 aliphatic carbocycles. The van der Waals surface area contributed by atoms with Gasteiger partial charge in [-0.05, 0) is 74.4 Å². The normalized spacial score (nSPS) is 17.1. The highest BCUT2D eigenvalue weighted by molar-refractivity contribution is 6.30. The molecule has 2 atom stereocenters. The van der Waals surface area contributed by atoms with Gasteiger partial charge in [0.1, 0.15) is 0 Å². The zero-order valence-corrected chi connectivity index (χ0v) is 20.1. The molecule has 0 fully saturated rings. The predicted molar refractivity (Wildman–Crippen MR) is 133 cm³/mol. The Morgan fingerprint density at radius 3 is 2.47 bits per heavy atom. The molecule has 0 spiro atoms. The molecule has 0 unspecified atom stereocenters. The van der Waals surface area contributed by atoms with Gasteiger partial charge in [-0.1, -0.05) is 29.8 Å². The Morgan fingerprint density at radius 1 is 1.12 bits per heavy atom. The van der Waals surface area contributed by atoms with Crippen molar-refractivity contribution in [2.75, 3.05) is 23.5 Å². The van der Waals surface area contributed by atoms with Gasteiger partial charge in [0, 0.05) is 34.5 Å². The van der Waals surface area contributed by atoms with Crippen LogP contribution in [0.3, 0.4) is 0 Å². The van der Waals surface area contributed by atoms with Gasteiger partial charge < -0.3 is 14.5 Å². The van der Waals surface area contributed by atoms with Gasteiger partial charge in [-0.2, -0.15) is 0 Å². The number of hydrogen-bond acceptors (Lipinski definition) is 3. The average molecular weight is 481 g/mol. The highest BCUT2D eigenvalue weighted by Gasteiger charge is 2.39. The van der Waals surface area contributed by atoms with E-state index in [1.807, 2.05) is 50.2 Å². The Hall–Kier alpha value is -3.38. The van der Waals surface area contributed by atoms with Gasteiger partial charge in [-0.25, -0.2) is 4.39 Å². The molecule has 2 amide bonds. The Labute approximate surface area is 203 Å². The van der Waals surface area contributed by atoms with E-state index in [1.54, 1.807) is 28.0 Å². The lowest BCUT2D eigenvalue weighted by molar-refractivity contribution is -0.120. The standard InChI is InChI=1S/C27H26ClFN2O3/c1-4-30(20-12-10-19(28)11-13-20)27(33)22-15-17(2)31(24-8-6-5-7-21(22)24)26(32)18-9-14-25(34-3)23(29)16-18/h5-14,16-17,22H,4,15H2,1-3H3/t17-,22-/m0/s1. The van der Waals surface area contributed by atoms with Gasteiger partial charge in [0.2, 0.25) is 5.91 Å². The number of methoxy groups -OCH3 is 1. The fourth-order valence-corrected chi connectivity index (χ4v) is 4.70. The molecule has 3 aromatic carbocycles. The first-order chi connectivity index (χ1) is 16.3. The van der Waals surface area contributed by atoms with E-state index < -0.39 is 11.7 Å². The molecule has 1 heterocycles. The van der Waals surface area contributed by atoms with Crippen LogP contribution >= 0.6 is 11.6 Å². The van der Waals surface area contributed by atoms with Crippen molar-refractivity contribution in [1.82, 2.24) is 0 Å². The molecule has 0 N–H and O–H groups in total. The number of rotatable bonds is 5. The molecule has 3 aromatic rings. The average Bonchev–Trinajstić information content (AvgIpc) is 2.84. The number of hydrogen-bond donors (Lipinski definition) is 0. The molecular weight excluding hydrogens is 455 g/mol. The minimum atomic E-state index is -0.596. The van der Waals surface area contributed by atoms with Crippen LogP contribution in [0, 0.1) is 5.82 Å². The monoisotopic (exact) mass is 480 g/mol. The first kappa shape index (κ1) is 23.8. The quantitative estimate of drug-likeness (QED) is 0.445. The van der Waals surface area contributed by atoms with Gasteiger partial charge >= 0.3 is 0 Å². The summed E-state index contributed by atoms with van der Waals surface area (Å²) in [6.45, 7) is 4.34. The first-order valence-corrected chi connectivity index (χ1v) is 11.6. The third-order valence-electron chi connectivity index (χ3n) is 6.23. The molecule has 0 aromatic heterocycles. The van der Waals surface area contributed by atoms with Crippen molar-refractivity contribution in [2.24, 2.45) is 0 Å². The first-order valence-electron chi connectivity index (χ1n) is 11.2. The number of anilines is 2. The van der Waals surface area contributed by atoms with Crippen molar-refractivity contribution >= 4 is 34.8 Å². The maximum atomic E-state index is 14.3. The number of benzene rings is 3. The smallest absolute Gasteiger partial charge is 0.258 e. The number of ether oxygens (including phenoxy) is 1. The van der Waals surface area contributed by atoms with E-state index >= 15 is 0 Å². The molecule has 1 aliphatic rings. The highest BCUT2D eigenvalue weighted by atomic mass is 35.5. The summed E-state index contributed by atoms with van der Waals surface area (Å²) in [7, 11) is 1.38. The van der Waals surface area contributed by atoms with Crippen LogP contribution in [-0.4, -0.2) is 31.5 Å². The summed E-state index contributed by atoms with van der Waals surface area (Å²) in [5.41, 5.74) is 2.43. The Bertz CT molecular complexity index is 1210. The second-order valence-electron chi connectivity index (χ2n) is 8.28. The third-order valence-corrected chi connectivity index (χ3v) is 6.48. The minimum Gasteiger partial charge on any atom is -0.494 e. The van der Waals surface area contributed by atoms with E-state index in [-0.39, 0.29) is 29.2 Å². The second-order valence-corrected chi connectivity index (χ2v) is 8.72. The Morgan fingerprint density at radius 2 is 1.82 bits per heavy atom. The van der Waals surface area contributed by atoms with Crippen LogP contribution in [0.15, 0.2) is 66.7 Å². The number of para-hydroxylation sites is 1.